The molecule has 0 aliphatic heterocycles. The summed E-state index contributed by atoms with van der Waals surface area (Å²) in [6.45, 7) is 2.28. The summed E-state index contributed by atoms with van der Waals surface area (Å²) >= 11 is 0. The van der Waals surface area contributed by atoms with Gasteiger partial charge in [-0.05, 0) is 29.2 Å². The molecule has 0 radical (unpaired) electrons. The van der Waals surface area contributed by atoms with Crippen LogP contribution in [0.3, 0.4) is 0 Å². The summed E-state index contributed by atoms with van der Waals surface area (Å²) in [4.78, 5) is 0. The molecule has 0 fully saturated rings. The molecule has 0 saturated heterocycles. The number of benzene rings is 2. The average molecular weight is 280 g/mol. The van der Waals surface area contributed by atoms with E-state index in [-0.39, 0.29) is 0 Å². The molecular formula is C21H28. The molecule has 0 atom stereocenters. The molecule has 0 amide bonds. The molecule has 0 aliphatic rings. The number of unbranched alkanes of at least 4 members (excludes halogenated alkanes) is 7. The Morgan fingerprint density at radius 2 is 1.48 bits per heavy atom. The topological polar surface area (TPSA) is 0 Å². The zero-order chi connectivity index (χ0) is 14.8. The van der Waals surface area contributed by atoms with Crippen LogP contribution in [-0.4, -0.2) is 0 Å². The molecule has 0 nitrogen and oxygen atoms in total. The summed E-state index contributed by atoms with van der Waals surface area (Å²) < 4.78 is 0. The fourth-order valence-electron chi connectivity index (χ4n) is 2.83. The van der Waals surface area contributed by atoms with E-state index < -0.39 is 0 Å². The van der Waals surface area contributed by atoms with E-state index in [1.165, 1.54) is 67.7 Å². The third kappa shape index (κ3) is 5.38. The van der Waals surface area contributed by atoms with E-state index in [0.29, 0.717) is 0 Å². The Morgan fingerprint density at radius 3 is 2.33 bits per heavy atom. The van der Waals surface area contributed by atoms with Crippen molar-refractivity contribution in [1.29, 1.82) is 0 Å². The quantitative estimate of drug-likeness (QED) is 0.434. The largest absolute Gasteiger partial charge is 0.0839 e. The van der Waals surface area contributed by atoms with Gasteiger partial charge in [0.2, 0.25) is 0 Å². The van der Waals surface area contributed by atoms with Crippen LogP contribution in [0, 0.1) is 0 Å². The lowest BCUT2D eigenvalue weighted by Gasteiger charge is -2.02. The fraction of sp³-hybridized carbons (Fsp3) is 0.429. The maximum atomic E-state index is 2.34. The number of rotatable bonds is 9. The molecule has 21 heavy (non-hydrogen) atoms. The Hall–Kier alpha value is -1.56. The number of allylic oxidation sites excluding steroid dienone is 1. The van der Waals surface area contributed by atoms with E-state index >= 15 is 0 Å². The van der Waals surface area contributed by atoms with Crippen molar-refractivity contribution < 1.29 is 0 Å². The maximum Gasteiger partial charge on any atom is -0.0112 e. The Bertz CT molecular complexity index is 545. The first-order valence-corrected chi connectivity index (χ1v) is 8.56. The van der Waals surface area contributed by atoms with Crippen LogP contribution in [-0.2, 0) is 0 Å². The number of fused-ring (bicyclic) bond motifs is 1. The van der Waals surface area contributed by atoms with Crippen molar-refractivity contribution in [3.63, 3.8) is 0 Å². The van der Waals surface area contributed by atoms with Crippen LogP contribution < -0.4 is 0 Å². The zero-order valence-corrected chi connectivity index (χ0v) is 13.4. The van der Waals surface area contributed by atoms with Gasteiger partial charge < -0.3 is 0 Å². The average Bonchev–Trinajstić information content (AvgIpc) is 2.53. The van der Waals surface area contributed by atoms with Crippen LogP contribution in [0.1, 0.15) is 63.9 Å². The molecule has 2 rings (SSSR count). The Kier molecular flexibility index (Phi) is 7.07. The second-order valence-corrected chi connectivity index (χ2v) is 5.88. The van der Waals surface area contributed by atoms with Crippen molar-refractivity contribution >= 4 is 16.8 Å². The Labute approximate surface area is 129 Å². The minimum atomic E-state index is 1.21. The van der Waals surface area contributed by atoms with Crippen LogP contribution in [0.15, 0.2) is 48.5 Å². The molecule has 0 heteroatoms. The van der Waals surface area contributed by atoms with Gasteiger partial charge in [-0.25, -0.2) is 0 Å². The van der Waals surface area contributed by atoms with Crippen molar-refractivity contribution in [2.75, 3.05) is 0 Å². The van der Waals surface area contributed by atoms with E-state index in [2.05, 4.69) is 61.5 Å². The Balaban J connectivity index is 1.74. The highest BCUT2D eigenvalue weighted by Gasteiger charge is 1.95. The van der Waals surface area contributed by atoms with Gasteiger partial charge in [-0.1, -0.05) is 100 Å². The van der Waals surface area contributed by atoms with Gasteiger partial charge in [-0.3, -0.25) is 0 Å². The number of hydrogen-bond donors (Lipinski definition) is 0. The van der Waals surface area contributed by atoms with Crippen LogP contribution in [0.5, 0.6) is 0 Å². The third-order valence-corrected chi connectivity index (χ3v) is 4.10. The predicted octanol–water partition coefficient (Wildman–Crippen LogP) is 6.99. The smallest absolute Gasteiger partial charge is 0.0112 e. The van der Waals surface area contributed by atoms with Crippen LogP contribution in [0.4, 0.5) is 0 Å². The minimum absolute atomic E-state index is 1.21. The highest BCUT2D eigenvalue weighted by Crippen LogP contribution is 2.20. The van der Waals surface area contributed by atoms with Gasteiger partial charge >= 0.3 is 0 Å². The van der Waals surface area contributed by atoms with Crippen LogP contribution in [0.25, 0.3) is 16.8 Å². The lowest BCUT2D eigenvalue weighted by molar-refractivity contribution is 0.592. The van der Waals surface area contributed by atoms with Gasteiger partial charge in [0.25, 0.3) is 0 Å². The van der Waals surface area contributed by atoms with E-state index in [1.54, 1.807) is 0 Å². The first kappa shape index (κ1) is 15.8. The highest BCUT2D eigenvalue weighted by atomic mass is 14.0. The van der Waals surface area contributed by atoms with Gasteiger partial charge in [0, 0.05) is 0 Å². The molecule has 2 aromatic rings. The SMILES string of the molecule is CCCCCCCCC/C=C/c1cccc2ccccc12. The molecule has 112 valence electrons. The summed E-state index contributed by atoms with van der Waals surface area (Å²) in [5.41, 5.74) is 1.34. The standard InChI is InChI=1S/C21H28/c1-2-3-4-5-6-7-8-9-10-14-19-16-13-17-20-15-11-12-18-21(19)20/h10-18H,2-9H2,1H3/b14-10+. The van der Waals surface area contributed by atoms with Crippen molar-refractivity contribution in [3.8, 4) is 0 Å². The molecule has 0 N–H and O–H groups in total. The molecule has 0 spiro atoms. The highest BCUT2D eigenvalue weighted by molar-refractivity contribution is 5.90. The molecular weight excluding hydrogens is 252 g/mol. The van der Waals surface area contributed by atoms with E-state index in [9.17, 15) is 0 Å². The van der Waals surface area contributed by atoms with E-state index in [4.69, 9.17) is 0 Å². The van der Waals surface area contributed by atoms with Crippen LogP contribution >= 0.6 is 0 Å². The molecule has 0 saturated carbocycles. The molecule has 0 bridgehead atoms. The summed E-state index contributed by atoms with van der Waals surface area (Å²) in [6, 6.07) is 15.2. The fourth-order valence-corrected chi connectivity index (χ4v) is 2.83. The van der Waals surface area contributed by atoms with Crippen LogP contribution in [0.2, 0.25) is 0 Å². The maximum absolute atomic E-state index is 2.34. The minimum Gasteiger partial charge on any atom is -0.0839 e. The molecule has 0 aliphatic carbocycles. The molecule has 0 unspecified atom stereocenters. The zero-order valence-electron chi connectivity index (χ0n) is 13.4. The second-order valence-electron chi connectivity index (χ2n) is 5.88. The van der Waals surface area contributed by atoms with Crippen molar-refractivity contribution in [2.45, 2.75) is 58.3 Å². The van der Waals surface area contributed by atoms with E-state index in [0.717, 1.165) is 0 Å². The third-order valence-electron chi connectivity index (χ3n) is 4.10. The monoisotopic (exact) mass is 280 g/mol. The molecule has 0 aromatic heterocycles. The number of hydrogen-bond acceptors (Lipinski definition) is 0. The van der Waals surface area contributed by atoms with Gasteiger partial charge in [0.05, 0.1) is 0 Å². The normalized spacial score (nSPS) is 11.5. The van der Waals surface area contributed by atoms with Crippen molar-refractivity contribution in [3.05, 3.63) is 54.1 Å². The Morgan fingerprint density at radius 1 is 0.762 bits per heavy atom. The van der Waals surface area contributed by atoms with Gasteiger partial charge in [-0.15, -0.1) is 0 Å². The second kappa shape index (κ2) is 9.39. The summed E-state index contributed by atoms with van der Waals surface area (Å²) in [5.74, 6) is 0. The molecule has 0 heterocycles. The summed E-state index contributed by atoms with van der Waals surface area (Å²) in [5, 5.41) is 2.69. The molecule has 2 aromatic carbocycles. The van der Waals surface area contributed by atoms with Gasteiger partial charge in [0.15, 0.2) is 0 Å². The first-order chi connectivity index (χ1) is 10.4. The van der Waals surface area contributed by atoms with Crippen molar-refractivity contribution in [2.24, 2.45) is 0 Å². The van der Waals surface area contributed by atoms with Gasteiger partial charge in [0.1, 0.15) is 0 Å². The predicted molar refractivity (Wildman–Crippen MR) is 95.6 cm³/mol. The summed E-state index contributed by atoms with van der Waals surface area (Å²) in [7, 11) is 0. The lowest BCUT2D eigenvalue weighted by Crippen LogP contribution is -1.80. The first-order valence-electron chi connectivity index (χ1n) is 8.56. The summed E-state index contributed by atoms with van der Waals surface area (Å²) in [6.07, 6.45) is 15.5. The van der Waals surface area contributed by atoms with Crippen molar-refractivity contribution in [1.82, 2.24) is 0 Å². The van der Waals surface area contributed by atoms with Gasteiger partial charge in [-0.2, -0.15) is 0 Å². The lowest BCUT2D eigenvalue weighted by atomic mass is 10.0. The van der Waals surface area contributed by atoms with E-state index in [1.807, 2.05) is 0 Å².